The van der Waals surface area contributed by atoms with E-state index in [2.05, 4.69) is 20.9 Å². The number of aliphatic carboxylic acids is 2. The summed E-state index contributed by atoms with van der Waals surface area (Å²) in [6.45, 7) is 2.80. The molecule has 34 heavy (non-hydrogen) atoms. The van der Waals surface area contributed by atoms with Gasteiger partial charge in [-0.25, -0.2) is 4.79 Å². The Kier molecular flexibility index (Phi) is 7.24. The number of likely N-dealkylation sites (N-methyl/N-ethyl adjacent to an activating group) is 1. The number of carboxylic acid groups (broad SMARTS) is 2. The maximum absolute atomic E-state index is 12.4. The van der Waals surface area contributed by atoms with Crippen molar-refractivity contribution in [1.29, 1.82) is 0 Å². The van der Waals surface area contributed by atoms with Crippen molar-refractivity contribution in [3.8, 4) is 0 Å². The van der Waals surface area contributed by atoms with Crippen molar-refractivity contribution < 1.29 is 24.6 Å². The van der Waals surface area contributed by atoms with Crippen LogP contribution in [0.1, 0.15) is 30.1 Å². The summed E-state index contributed by atoms with van der Waals surface area (Å²) in [7, 11) is 1.82. The van der Waals surface area contributed by atoms with E-state index in [1.165, 1.54) is 12.1 Å². The Balaban J connectivity index is 1.69. The molecule has 13 nitrogen and oxygen atoms in total. The molecule has 0 aliphatic carbocycles. The SMILES string of the molecule is C[C@@H]1CNc2c(c(=O)nc(N)n2CNc2ccc(C(=O)N[C@@H](CCC(=O)O)C(=O)O)cc2)N1C. The molecule has 1 aromatic heterocycles. The van der Waals surface area contributed by atoms with Crippen LogP contribution in [0.25, 0.3) is 0 Å². The van der Waals surface area contributed by atoms with Crippen molar-refractivity contribution in [2.75, 3.05) is 34.9 Å². The molecule has 2 heterocycles. The van der Waals surface area contributed by atoms with E-state index >= 15 is 0 Å². The monoisotopic (exact) mass is 473 g/mol. The van der Waals surface area contributed by atoms with Gasteiger partial charge in [-0.2, -0.15) is 4.98 Å². The van der Waals surface area contributed by atoms with E-state index in [1.54, 1.807) is 16.7 Å². The Labute approximate surface area is 194 Å². The predicted molar refractivity (Wildman–Crippen MR) is 125 cm³/mol. The molecule has 1 aliphatic heterocycles. The molecule has 7 N–H and O–H groups in total. The van der Waals surface area contributed by atoms with Crippen LogP contribution in [0.5, 0.6) is 0 Å². The summed E-state index contributed by atoms with van der Waals surface area (Å²) >= 11 is 0. The Morgan fingerprint density at radius 1 is 1.26 bits per heavy atom. The van der Waals surface area contributed by atoms with Crippen LogP contribution in [0.4, 0.5) is 23.1 Å². The number of nitrogens with zero attached hydrogens (tertiary/aromatic N) is 3. The minimum absolute atomic E-state index is 0.0452. The quantitative estimate of drug-likeness (QED) is 0.291. The molecule has 1 amide bonds. The van der Waals surface area contributed by atoms with Crippen molar-refractivity contribution >= 4 is 41.0 Å². The fourth-order valence-corrected chi connectivity index (χ4v) is 3.50. The number of nitrogens with two attached hydrogens (primary N) is 1. The highest BCUT2D eigenvalue weighted by Gasteiger charge is 2.26. The molecule has 1 aromatic carbocycles. The van der Waals surface area contributed by atoms with E-state index in [1.807, 2.05) is 18.9 Å². The van der Waals surface area contributed by atoms with E-state index in [0.29, 0.717) is 23.7 Å². The van der Waals surface area contributed by atoms with Crippen LogP contribution in [0, 0.1) is 0 Å². The number of hydrogen-bond acceptors (Lipinski definition) is 9. The van der Waals surface area contributed by atoms with Crippen LogP contribution in [0.2, 0.25) is 0 Å². The highest BCUT2D eigenvalue weighted by Crippen LogP contribution is 2.28. The van der Waals surface area contributed by atoms with E-state index in [-0.39, 0.29) is 37.1 Å². The molecule has 13 heteroatoms. The Morgan fingerprint density at radius 3 is 2.56 bits per heavy atom. The van der Waals surface area contributed by atoms with Gasteiger partial charge in [0.05, 0.1) is 6.67 Å². The third kappa shape index (κ3) is 5.36. The van der Waals surface area contributed by atoms with E-state index in [4.69, 9.17) is 10.8 Å². The third-order valence-electron chi connectivity index (χ3n) is 5.61. The molecule has 0 bridgehead atoms. The number of aromatic nitrogens is 2. The number of carboxylic acids is 2. The lowest BCUT2D eigenvalue weighted by atomic mass is 10.1. The lowest BCUT2D eigenvalue weighted by Crippen LogP contribution is -2.44. The minimum Gasteiger partial charge on any atom is -0.481 e. The molecule has 182 valence electrons. The van der Waals surface area contributed by atoms with Crippen molar-refractivity contribution in [2.24, 2.45) is 0 Å². The summed E-state index contributed by atoms with van der Waals surface area (Å²) in [6, 6.07) is 5.06. The van der Waals surface area contributed by atoms with Crippen LogP contribution in [0.15, 0.2) is 29.1 Å². The first-order valence-electron chi connectivity index (χ1n) is 10.5. The van der Waals surface area contributed by atoms with Gasteiger partial charge in [-0.05, 0) is 37.6 Å². The van der Waals surface area contributed by atoms with Gasteiger partial charge < -0.3 is 36.8 Å². The first-order valence-corrected chi connectivity index (χ1v) is 10.5. The standard InChI is InChI=1S/C21H27N7O6/c1-11-9-23-17-16(27(11)2)19(32)26-21(22)28(17)10-24-13-5-3-12(4-6-13)18(31)25-14(20(33)34)7-8-15(29)30/h3-6,11,14,23-24H,7-10H2,1-2H3,(H,25,31)(H,29,30)(H,33,34)(H2,22,26,32)/t11-,14+/m1/s1. The molecular formula is C21H27N7O6. The number of nitrogen functional groups attached to an aromatic ring is 1. The average Bonchev–Trinajstić information content (AvgIpc) is 2.78. The predicted octanol–water partition coefficient (Wildman–Crippen LogP) is 0.193. The fourth-order valence-electron chi connectivity index (χ4n) is 3.50. The van der Waals surface area contributed by atoms with Crippen LogP contribution in [-0.4, -0.2) is 63.3 Å². The summed E-state index contributed by atoms with van der Waals surface area (Å²) in [6.07, 6.45) is -0.604. The van der Waals surface area contributed by atoms with Gasteiger partial charge >= 0.3 is 11.9 Å². The van der Waals surface area contributed by atoms with Crippen molar-refractivity contribution in [3.05, 3.63) is 40.2 Å². The number of carbonyl (C=O) groups is 3. The number of benzene rings is 1. The molecule has 1 aliphatic rings. The smallest absolute Gasteiger partial charge is 0.326 e. The zero-order chi connectivity index (χ0) is 25.0. The summed E-state index contributed by atoms with van der Waals surface area (Å²) in [5.41, 5.74) is 6.85. The molecule has 0 saturated heterocycles. The number of carbonyl (C=O) groups excluding carboxylic acids is 1. The Bertz CT molecular complexity index is 1150. The number of fused-ring (bicyclic) bond motifs is 1. The maximum Gasteiger partial charge on any atom is 0.326 e. The largest absolute Gasteiger partial charge is 0.481 e. The highest BCUT2D eigenvalue weighted by atomic mass is 16.4. The second-order valence-corrected chi connectivity index (χ2v) is 7.95. The summed E-state index contributed by atoms with van der Waals surface area (Å²) in [5.74, 6) is -2.48. The summed E-state index contributed by atoms with van der Waals surface area (Å²) < 4.78 is 1.64. The molecule has 0 unspecified atom stereocenters. The zero-order valence-corrected chi connectivity index (χ0v) is 18.7. The molecule has 0 radical (unpaired) electrons. The molecule has 0 spiro atoms. The van der Waals surface area contributed by atoms with Gasteiger partial charge in [-0.15, -0.1) is 0 Å². The molecule has 0 fully saturated rings. The number of nitrogens with one attached hydrogen (secondary N) is 3. The van der Waals surface area contributed by atoms with E-state index in [9.17, 15) is 24.3 Å². The minimum atomic E-state index is -1.31. The third-order valence-corrected chi connectivity index (χ3v) is 5.61. The van der Waals surface area contributed by atoms with Gasteiger partial charge in [-0.1, -0.05) is 0 Å². The first kappa shape index (κ1) is 24.4. The van der Waals surface area contributed by atoms with Crippen LogP contribution in [0.3, 0.4) is 0 Å². The van der Waals surface area contributed by atoms with Crippen LogP contribution >= 0.6 is 0 Å². The van der Waals surface area contributed by atoms with Crippen molar-refractivity contribution in [1.82, 2.24) is 14.9 Å². The maximum atomic E-state index is 12.4. The van der Waals surface area contributed by atoms with Crippen LogP contribution in [-0.2, 0) is 16.3 Å². The van der Waals surface area contributed by atoms with E-state index in [0.717, 1.165) is 0 Å². The van der Waals surface area contributed by atoms with Gasteiger partial charge in [0.2, 0.25) is 5.95 Å². The molecule has 2 aromatic rings. The lowest BCUT2D eigenvalue weighted by molar-refractivity contribution is -0.140. The molecule has 0 saturated carbocycles. The fraction of sp³-hybridized carbons (Fsp3) is 0.381. The molecular weight excluding hydrogens is 446 g/mol. The van der Waals surface area contributed by atoms with Gasteiger partial charge in [-0.3, -0.25) is 19.0 Å². The Morgan fingerprint density at radius 2 is 1.94 bits per heavy atom. The van der Waals surface area contributed by atoms with E-state index < -0.39 is 29.4 Å². The van der Waals surface area contributed by atoms with Crippen molar-refractivity contribution in [2.45, 2.75) is 38.5 Å². The van der Waals surface area contributed by atoms with Gasteiger partial charge in [0, 0.05) is 37.3 Å². The highest BCUT2D eigenvalue weighted by molar-refractivity contribution is 5.96. The zero-order valence-electron chi connectivity index (χ0n) is 18.7. The Hall–Kier alpha value is -4.29. The average molecular weight is 473 g/mol. The molecule has 3 rings (SSSR count). The topological polar surface area (TPSA) is 192 Å². The second-order valence-electron chi connectivity index (χ2n) is 7.95. The second kappa shape index (κ2) is 10.1. The first-order chi connectivity index (χ1) is 16.1. The van der Waals surface area contributed by atoms with Crippen molar-refractivity contribution in [3.63, 3.8) is 0 Å². The molecule has 2 atom stereocenters. The number of rotatable bonds is 9. The normalized spacial score (nSPS) is 15.6. The summed E-state index contributed by atoms with van der Waals surface area (Å²) in [4.78, 5) is 52.5. The van der Waals surface area contributed by atoms with Crippen LogP contribution < -0.4 is 32.1 Å². The van der Waals surface area contributed by atoms with Gasteiger partial charge in [0.1, 0.15) is 17.5 Å². The lowest BCUT2D eigenvalue weighted by Gasteiger charge is -2.35. The number of hydrogen-bond donors (Lipinski definition) is 6. The van der Waals surface area contributed by atoms with Gasteiger partial charge in [0.15, 0.2) is 0 Å². The summed E-state index contributed by atoms with van der Waals surface area (Å²) in [5, 5.41) is 26.6. The van der Waals surface area contributed by atoms with Gasteiger partial charge in [0.25, 0.3) is 11.5 Å². The number of amides is 1. The number of anilines is 4.